The van der Waals surface area contributed by atoms with Gasteiger partial charge in [0.15, 0.2) is 0 Å². The molecule has 2 rings (SSSR count). The predicted molar refractivity (Wildman–Crippen MR) is 81.6 cm³/mol. The number of aromatic hydroxyl groups is 1. The van der Waals surface area contributed by atoms with Gasteiger partial charge in [0.2, 0.25) is 5.91 Å². The van der Waals surface area contributed by atoms with Gasteiger partial charge in [0.25, 0.3) is 0 Å². The number of rotatable bonds is 5. The molecule has 0 bridgehead atoms. The summed E-state index contributed by atoms with van der Waals surface area (Å²) in [6, 6.07) is 11.2. The van der Waals surface area contributed by atoms with Crippen LogP contribution in [0.15, 0.2) is 49.1 Å². The molecule has 0 spiro atoms. The summed E-state index contributed by atoms with van der Waals surface area (Å²) in [6.45, 7) is 5.53. The van der Waals surface area contributed by atoms with Crippen LogP contribution in [0.3, 0.4) is 0 Å². The third-order valence-corrected chi connectivity index (χ3v) is 3.38. The zero-order valence-corrected chi connectivity index (χ0v) is 11.6. The van der Waals surface area contributed by atoms with E-state index < -0.39 is 0 Å². The van der Waals surface area contributed by atoms with E-state index in [0.29, 0.717) is 0 Å². The molecule has 20 heavy (non-hydrogen) atoms. The molecule has 0 aliphatic heterocycles. The van der Waals surface area contributed by atoms with E-state index in [1.54, 1.807) is 6.07 Å². The zero-order chi connectivity index (χ0) is 14.5. The Hall–Kier alpha value is -2.29. The quantitative estimate of drug-likeness (QED) is 0.813. The summed E-state index contributed by atoms with van der Waals surface area (Å²) in [5, 5.41) is 15.1. The first-order valence-electron chi connectivity index (χ1n) is 6.81. The van der Waals surface area contributed by atoms with Crippen LogP contribution in [0.4, 0.5) is 0 Å². The van der Waals surface area contributed by atoms with E-state index >= 15 is 0 Å². The van der Waals surface area contributed by atoms with Crippen LogP contribution in [0.5, 0.6) is 5.75 Å². The Morgan fingerprint density at radius 3 is 2.80 bits per heavy atom. The van der Waals surface area contributed by atoms with Gasteiger partial charge in [-0.2, -0.15) is 0 Å². The second-order valence-corrected chi connectivity index (χ2v) is 4.77. The number of hydrogen-bond acceptors (Lipinski definition) is 2. The van der Waals surface area contributed by atoms with Crippen LogP contribution in [0.25, 0.3) is 10.8 Å². The lowest BCUT2D eigenvalue weighted by Gasteiger charge is -2.21. The Bertz CT molecular complexity index is 634. The van der Waals surface area contributed by atoms with Crippen LogP contribution >= 0.6 is 0 Å². The summed E-state index contributed by atoms with van der Waals surface area (Å²) in [5.74, 6) is -0.0118. The minimum absolute atomic E-state index is 0.211. The summed E-state index contributed by atoms with van der Waals surface area (Å²) < 4.78 is 0. The molecule has 2 aromatic rings. The fraction of sp³-hybridized carbons (Fsp3) is 0.235. The van der Waals surface area contributed by atoms with E-state index in [-0.39, 0.29) is 17.7 Å². The van der Waals surface area contributed by atoms with Gasteiger partial charge in [-0.1, -0.05) is 50.3 Å². The topological polar surface area (TPSA) is 49.3 Å². The van der Waals surface area contributed by atoms with Crippen molar-refractivity contribution in [2.45, 2.75) is 25.8 Å². The number of carbonyl (C=O) groups excluding carboxylic acids is 1. The van der Waals surface area contributed by atoms with E-state index in [2.05, 4.69) is 18.8 Å². The van der Waals surface area contributed by atoms with Gasteiger partial charge in [-0.3, -0.25) is 4.79 Å². The lowest BCUT2D eigenvalue weighted by Crippen LogP contribution is -2.26. The number of amides is 1. The summed E-state index contributed by atoms with van der Waals surface area (Å²) in [7, 11) is 0. The number of carbonyl (C=O) groups is 1. The second kappa shape index (κ2) is 6.24. The molecule has 2 N–H and O–H groups in total. The number of benzene rings is 2. The fourth-order valence-corrected chi connectivity index (χ4v) is 2.46. The summed E-state index contributed by atoms with van der Waals surface area (Å²) in [4.78, 5) is 11.6. The van der Waals surface area contributed by atoms with Crippen molar-refractivity contribution in [3.63, 3.8) is 0 Å². The predicted octanol–water partition coefficient (Wildman–Crippen LogP) is 3.69. The number of phenolic OH excluding ortho intramolecular Hbond substituents is 1. The van der Waals surface area contributed by atoms with Gasteiger partial charge in [-0.05, 0) is 29.3 Å². The monoisotopic (exact) mass is 269 g/mol. The molecule has 3 heteroatoms. The molecule has 0 saturated carbocycles. The van der Waals surface area contributed by atoms with Crippen molar-refractivity contribution < 1.29 is 9.90 Å². The normalized spacial score (nSPS) is 12.1. The first-order chi connectivity index (χ1) is 9.67. The molecular formula is C17H19NO2. The van der Waals surface area contributed by atoms with Gasteiger partial charge in [-0.25, -0.2) is 0 Å². The molecule has 0 saturated heterocycles. The van der Waals surface area contributed by atoms with Gasteiger partial charge >= 0.3 is 0 Å². The zero-order valence-electron chi connectivity index (χ0n) is 11.6. The van der Waals surface area contributed by atoms with Gasteiger partial charge in [-0.15, -0.1) is 0 Å². The molecule has 0 aliphatic carbocycles. The van der Waals surface area contributed by atoms with Crippen molar-refractivity contribution in [2.24, 2.45) is 0 Å². The van der Waals surface area contributed by atoms with Gasteiger partial charge in [0.1, 0.15) is 5.75 Å². The van der Waals surface area contributed by atoms with Crippen molar-refractivity contribution in [3.8, 4) is 5.75 Å². The highest BCUT2D eigenvalue weighted by Gasteiger charge is 2.18. The van der Waals surface area contributed by atoms with Crippen molar-refractivity contribution in [1.82, 2.24) is 5.32 Å². The molecule has 1 amide bonds. The SMILES string of the molecule is C=CC(=O)NC(CCC)c1c(O)ccc2ccccc12. The molecular weight excluding hydrogens is 250 g/mol. The molecule has 0 heterocycles. The minimum Gasteiger partial charge on any atom is -0.508 e. The Morgan fingerprint density at radius 1 is 1.35 bits per heavy atom. The standard InChI is InChI=1S/C17H19NO2/c1-3-7-14(18-16(20)4-2)17-13-9-6-5-8-12(13)10-11-15(17)19/h4-6,8-11,14,19H,2-3,7H2,1H3,(H,18,20). The highest BCUT2D eigenvalue weighted by molar-refractivity contribution is 5.90. The number of hydrogen-bond donors (Lipinski definition) is 2. The molecule has 1 atom stereocenters. The molecule has 3 nitrogen and oxygen atoms in total. The molecule has 1 unspecified atom stereocenters. The Morgan fingerprint density at radius 2 is 2.10 bits per heavy atom. The number of phenols is 1. The fourth-order valence-electron chi connectivity index (χ4n) is 2.46. The van der Waals surface area contributed by atoms with E-state index in [4.69, 9.17) is 0 Å². The Kier molecular flexibility index (Phi) is 4.41. The van der Waals surface area contributed by atoms with E-state index in [0.717, 1.165) is 29.2 Å². The molecule has 0 aromatic heterocycles. The molecule has 0 fully saturated rings. The van der Waals surface area contributed by atoms with Crippen molar-refractivity contribution in [1.29, 1.82) is 0 Å². The summed E-state index contributed by atoms with van der Waals surface area (Å²) >= 11 is 0. The average Bonchev–Trinajstić information content (AvgIpc) is 2.46. The van der Waals surface area contributed by atoms with Crippen molar-refractivity contribution in [3.05, 3.63) is 54.6 Å². The molecule has 104 valence electrons. The van der Waals surface area contributed by atoms with Gasteiger partial charge in [0, 0.05) is 5.56 Å². The minimum atomic E-state index is -0.226. The highest BCUT2D eigenvalue weighted by Crippen LogP contribution is 2.34. The smallest absolute Gasteiger partial charge is 0.243 e. The summed E-state index contributed by atoms with van der Waals surface area (Å²) in [5.41, 5.74) is 0.778. The first-order valence-corrected chi connectivity index (χ1v) is 6.81. The third kappa shape index (κ3) is 2.82. The number of fused-ring (bicyclic) bond motifs is 1. The lowest BCUT2D eigenvalue weighted by molar-refractivity contribution is -0.117. The van der Waals surface area contributed by atoms with Crippen molar-refractivity contribution in [2.75, 3.05) is 0 Å². The van der Waals surface area contributed by atoms with Gasteiger partial charge in [0.05, 0.1) is 6.04 Å². The number of nitrogens with one attached hydrogen (secondary N) is 1. The molecule has 0 aliphatic rings. The van der Waals surface area contributed by atoms with E-state index in [1.807, 2.05) is 30.3 Å². The van der Waals surface area contributed by atoms with E-state index in [9.17, 15) is 9.90 Å². The molecule has 2 aromatic carbocycles. The van der Waals surface area contributed by atoms with Crippen LogP contribution in [0, 0.1) is 0 Å². The first kappa shape index (κ1) is 14.1. The van der Waals surface area contributed by atoms with Crippen LogP contribution in [-0.2, 0) is 4.79 Å². The highest BCUT2D eigenvalue weighted by atomic mass is 16.3. The Balaban J connectivity index is 2.53. The Labute approximate surface area is 118 Å². The maximum absolute atomic E-state index is 11.6. The lowest BCUT2D eigenvalue weighted by atomic mass is 9.95. The maximum atomic E-state index is 11.6. The second-order valence-electron chi connectivity index (χ2n) is 4.77. The van der Waals surface area contributed by atoms with Crippen LogP contribution in [0.1, 0.15) is 31.4 Å². The summed E-state index contributed by atoms with van der Waals surface area (Å²) in [6.07, 6.45) is 2.93. The van der Waals surface area contributed by atoms with Crippen LogP contribution in [0.2, 0.25) is 0 Å². The van der Waals surface area contributed by atoms with Crippen molar-refractivity contribution >= 4 is 16.7 Å². The maximum Gasteiger partial charge on any atom is 0.243 e. The largest absolute Gasteiger partial charge is 0.508 e. The van der Waals surface area contributed by atoms with Crippen LogP contribution < -0.4 is 5.32 Å². The third-order valence-electron chi connectivity index (χ3n) is 3.38. The molecule has 0 radical (unpaired) electrons. The van der Waals surface area contributed by atoms with Crippen LogP contribution in [-0.4, -0.2) is 11.0 Å². The van der Waals surface area contributed by atoms with E-state index in [1.165, 1.54) is 6.08 Å². The van der Waals surface area contributed by atoms with Gasteiger partial charge < -0.3 is 10.4 Å². The average molecular weight is 269 g/mol.